The lowest BCUT2D eigenvalue weighted by Crippen LogP contribution is -2.37. The van der Waals surface area contributed by atoms with Crippen molar-refractivity contribution in [1.29, 1.82) is 0 Å². The number of aromatic nitrogens is 1. The summed E-state index contributed by atoms with van der Waals surface area (Å²) in [7, 11) is 0. The summed E-state index contributed by atoms with van der Waals surface area (Å²) >= 11 is 0. The predicted molar refractivity (Wildman–Crippen MR) is 62.8 cm³/mol. The third kappa shape index (κ3) is 2.42. The van der Waals surface area contributed by atoms with Gasteiger partial charge in [0, 0.05) is 19.3 Å². The van der Waals surface area contributed by atoms with Crippen LogP contribution in [-0.4, -0.2) is 45.2 Å². The molecule has 6 nitrogen and oxygen atoms in total. The molecular weight excluding hydrogens is 236 g/mol. The molecule has 1 aromatic rings. The van der Waals surface area contributed by atoms with Gasteiger partial charge in [0.2, 0.25) is 0 Å². The molecule has 2 heterocycles. The van der Waals surface area contributed by atoms with Crippen LogP contribution in [0.5, 0.6) is 0 Å². The highest BCUT2D eigenvalue weighted by Crippen LogP contribution is 2.29. The third-order valence-electron chi connectivity index (χ3n) is 3.25. The molecule has 2 rings (SSSR count). The molecule has 0 aliphatic carbocycles. The Morgan fingerprint density at radius 3 is 2.50 bits per heavy atom. The summed E-state index contributed by atoms with van der Waals surface area (Å²) in [5, 5.41) is 17.9. The first-order valence-electron chi connectivity index (χ1n) is 5.75. The number of nitrogens with zero attached hydrogens (tertiary/aromatic N) is 2. The average molecular weight is 250 g/mol. The van der Waals surface area contributed by atoms with E-state index in [2.05, 4.69) is 4.98 Å². The van der Waals surface area contributed by atoms with Gasteiger partial charge in [0.1, 0.15) is 0 Å². The minimum atomic E-state index is -1.04. The van der Waals surface area contributed by atoms with Crippen molar-refractivity contribution in [3.8, 4) is 0 Å². The maximum atomic E-state index is 11.1. The van der Waals surface area contributed by atoms with Gasteiger partial charge in [-0.1, -0.05) is 6.07 Å². The predicted octanol–water partition coefficient (Wildman–Crippen LogP) is 1.64. The second kappa shape index (κ2) is 5.03. The fourth-order valence-electron chi connectivity index (χ4n) is 2.31. The van der Waals surface area contributed by atoms with Crippen LogP contribution in [0.15, 0.2) is 18.3 Å². The van der Waals surface area contributed by atoms with Gasteiger partial charge in [-0.25, -0.2) is 14.6 Å². The Bertz CT molecular complexity index is 467. The molecule has 0 saturated carbocycles. The molecule has 96 valence electrons. The minimum Gasteiger partial charge on any atom is -0.477 e. The first-order chi connectivity index (χ1) is 8.59. The van der Waals surface area contributed by atoms with Gasteiger partial charge in [-0.15, -0.1) is 0 Å². The summed E-state index contributed by atoms with van der Waals surface area (Å²) in [6.07, 6.45) is 1.81. The number of carboxylic acids is 1. The average Bonchev–Trinajstić information content (AvgIpc) is 2.39. The summed E-state index contributed by atoms with van der Waals surface area (Å²) in [5.41, 5.74) is 0.779. The van der Waals surface area contributed by atoms with E-state index in [0.29, 0.717) is 31.5 Å². The Hall–Kier alpha value is -2.11. The second-order valence-electron chi connectivity index (χ2n) is 4.29. The van der Waals surface area contributed by atoms with Crippen molar-refractivity contribution in [3.05, 3.63) is 29.6 Å². The van der Waals surface area contributed by atoms with E-state index < -0.39 is 12.1 Å². The molecule has 0 spiro atoms. The maximum absolute atomic E-state index is 11.1. The summed E-state index contributed by atoms with van der Waals surface area (Å²) in [6, 6.07) is 3.48. The van der Waals surface area contributed by atoms with E-state index in [1.54, 1.807) is 12.1 Å². The van der Waals surface area contributed by atoms with Crippen LogP contribution in [0.2, 0.25) is 0 Å². The van der Waals surface area contributed by atoms with Gasteiger partial charge in [0.05, 0.1) is 0 Å². The van der Waals surface area contributed by atoms with Crippen molar-refractivity contribution in [2.24, 2.45) is 0 Å². The molecule has 18 heavy (non-hydrogen) atoms. The summed E-state index contributed by atoms with van der Waals surface area (Å²) < 4.78 is 0. The Morgan fingerprint density at radius 2 is 1.94 bits per heavy atom. The lowest BCUT2D eigenvalue weighted by Gasteiger charge is -2.30. The van der Waals surface area contributed by atoms with Crippen molar-refractivity contribution in [3.63, 3.8) is 0 Å². The topological polar surface area (TPSA) is 90.7 Å². The molecule has 0 bridgehead atoms. The molecule has 1 saturated heterocycles. The lowest BCUT2D eigenvalue weighted by atomic mass is 9.88. The van der Waals surface area contributed by atoms with Gasteiger partial charge in [0.25, 0.3) is 0 Å². The molecule has 0 unspecified atom stereocenters. The van der Waals surface area contributed by atoms with Crippen molar-refractivity contribution < 1.29 is 19.8 Å². The van der Waals surface area contributed by atoms with Crippen LogP contribution in [-0.2, 0) is 0 Å². The number of carbonyl (C=O) groups is 2. The Kier molecular flexibility index (Phi) is 3.45. The fourth-order valence-corrected chi connectivity index (χ4v) is 2.31. The van der Waals surface area contributed by atoms with Gasteiger partial charge in [-0.2, -0.15) is 0 Å². The minimum absolute atomic E-state index is 0.0698. The smallest absolute Gasteiger partial charge is 0.407 e. The van der Waals surface area contributed by atoms with Crippen LogP contribution in [0.1, 0.15) is 34.8 Å². The van der Waals surface area contributed by atoms with Gasteiger partial charge in [-0.3, -0.25) is 0 Å². The van der Waals surface area contributed by atoms with E-state index in [4.69, 9.17) is 10.2 Å². The molecule has 1 amide bonds. The molecule has 1 fully saturated rings. The Labute approximate surface area is 104 Å². The number of likely N-dealkylation sites (tertiary alicyclic amines) is 1. The van der Waals surface area contributed by atoms with E-state index >= 15 is 0 Å². The summed E-state index contributed by atoms with van der Waals surface area (Å²) in [6.45, 7) is 0.877. The lowest BCUT2D eigenvalue weighted by molar-refractivity contribution is 0.0686. The number of aromatic carboxylic acids is 1. The zero-order valence-electron chi connectivity index (χ0n) is 9.74. The zero-order chi connectivity index (χ0) is 13.1. The van der Waals surface area contributed by atoms with Crippen molar-refractivity contribution in [2.45, 2.75) is 18.8 Å². The normalized spacial score (nSPS) is 16.6. The van der Waals surface area contributed by atoms with E-state index in [1.165, 1.54) is 11.1 Å². The maximum Gasteiger partial charge on any atom is 0.407 e. The van der Waals surface area contributed by atoms with Gasteiger partial charge in [-0.05, 0) is 30.4 Å². The Morgan fingerprint density at radius 1 is 1.28 bits per heavy atom. The number of rotatable bonds is 2. The monoisotopic (exact) mass is 250 g/mol. The molecule has 0 radical (unpaired) electrons. The highest BCUT2D eigenvalue weighted by molar-refractivity contribution is 5.87. The number of carboxylic acid groups (broad SMARTS) is 2. The molecule has 1 aliphatic heterocycles. The number of hydrogen-bond donors (Lipinski definition) is 2. The quantitative estimate of drug-likeness (QED) is 0.832. The molecule has 1 aliphatic rings. The van der Waals surface area contributed by atoms with Crippen LogP contribution in [0.25, 0.3) is 0 Å². The van der Waals surface area contributed by atoms with Gasteiger partial charge >= 0.3 is 12.1 Å². The summed E-state index contributed by atoms with van der Waals surface area (Å²) in [4.78, 5) is 27.1. The van der Waals surface area contributed by atoms with Crippen LogP contribution in [0.3, 0.4) is 0 Å². The molecule has 0 aromatic carbocycles. The fraction of sp³-hybridized carbons (Fsp3) is 0.417. The molecule has 6 heteroatoms. The van der Waals surface area contributed by atoms with Gasteiger partial charge < -0.3 is 15.1 Å². The number of piperidine rings is 1. The van der Waals surface area contributed by atoms with E-state index in [0.717, 1.165) is 0 Å². The largest absolute Gasteiger partial charge is 0.477 e. The van der Waals surface area contributed by atoms with Crippen LogP contribution < -0.4 is 0 Å². The third-order valence-corrected chi connectivity index (χ3v) is 3.25. The molecule has 0 atom stereocenters. The first kappa shape index (κ1) is 12.3. The van der Waals surface area contributed by atoms with Crippen LogP contribution in [0, 0.1) is 0 Å². The van der Waals surface area contributed by atoms with Crippen LogP contribution in [0.4, 0.5) is 4.79 Å². The highest BCUT2D eigenvalue weighted by Gasteiger charge is 2.26. The SMILES string of the molecule is O=C(O)c1ncccc1C1CCN(C(=O)O)CC1. The molecular formula is C12H14N2O4. The zero-order valence-corrected chi connectivity index (χ0v) is 9.74. The number of amides is 1. The standard InChI is InChI=1S/C12H14N2O4/c15-11(16)10-9(2-1-5-13-10)8-3-6-14(7-4-8)12(17)18/h1-2,5,8H,3-4,6-7H2,(H,15,16)(H,17,18). The first-order valence-corrected chi connectivity index (χ1v) is 5.75. The van der Waals surface area contributed by atoms with E-state index in [-0.39, 0.29) is 11.6 Å². The van der Waals surface area contributed by atoms with E-state index in [1.807, 2.05) is 0 Å². The Balaban J connectivity index is 2.15. The number of pyridine rings is 1. The number of hydrogen-bond acceptors (Lipinski definition) is 3. The summed E-state index contributed by atoms with van der Waals surface area (Å²) in [5.74, 6) is -0.966. The second-order valence-corrected chi connectivity index (χ2v) is 4.29. The van der Waals surface area contributed by atoms with Crippen molar-refractivity contribution in [1.82, 2.24) is 9.88 Å². The molecule has 2 N–H and O–H groups in total. The van der Waals surface area contributed by atoms with Crippen molar-refractivity contribution >= 4 is 12.1 Å². The highest BCUT2D eigenvalue weighted by atomic mass is 16.4. The van der Waals surface area contributed by atoms with Crippen molar-refractivity contribution in [2.75, 3.05) is 13.1 Å². The van der Waals surface area contributed by atoms with E-state index in [9.17, 15) is 9.59 Å². The molecule has 1 aromatic heterocycles. The van der Waals surface area contributed by atoms with Gasteiger partial charge in [0.15, 0.2) is 5.69 Å². The van der Waals surface area contributed by atoms with Crippen LogP contribution >= 0.6 is 0 Å².